The fraction of sp³-hybridized carbons (Fsp3) is 0.192. The van der Waals surface area contributed by atoms with Crippen molar-refractivity contribution in [1.82, 2.24) is 9.55 Å². The first kappa shape index (κ1) is 19.8. The zero-order valence-corrected chi connectivity index (χ0v) is 17.4. The summed E-state index contributed by atoms with van der Waals surface area (Å²) in [7, 11) is 1.69. The van der Waals surface area contributed by atoms with Gasteiger partial charge in [0.2, 0.25) is 0 Å². The van der Waals surface area contributed by atoms with E-state index in [1.165, 1.54) is 0 Å². The average molecular weight is 399 g/mol. The molecule has 0 aliphatic carbocycles. The van der Waals surface area contributed by atoms with E-state index in [-0.39, 0.29) is 0 Å². The number of para-hydroxylation sites is 4. The van der Waals surface area contributed by atoms with E-state index in [1.54, 1.807) is 7.11 Å². The number of hydrogen-bond donors (Lipinski definition) is 0. The summed E-state index contributed by atoms with van der Waals surface area (Å²) in [6, 6.07) is 24.3. The molecule has 4 aromatic rings. The molecule has 0 spiro atoms. The highest BCUT2D eigenvalue weighted by Crippen LogP contribution is 2.22. The zero-order chi connectivity index (χ0) is 20.8. The third-order valence-corrected chi connectivity index (χ3v) is 5.11. The Balaban J connectivity index is 1.53. The molecule has 0 saturated carbocycles. The number of methoxy groups -OCH3 is 1. The van der Waals surface area contributed by atoms with Gasteiger partial charge < -0.3 is 14.0 Å². The van der Waals surface area contributed by atoms with E-state index in [9.17, 15) is 0 Å². The molecule has 3 aromatic carbocycles. The van der Waals surface area contributed by atoms with Crippen LogP contribution in [0, 0.1) is 6.92 Å². The highest BCUT2D eigenvalue weighted by molar-refractivity contribution is 5.80. The number of rotatable bonds is 8. The lowest BCUT2D eigenvalue weighted by molar-refractivity contribution is 0.300. The van der Waals surface area contributed by atoms with Gasteiger partial charge >= 0.3 is 0 Å². The van der Waals surface area contributed by atoms with E-state index in [1.807, 2.05) is 48.5 Å². The van der Waals surface area contributed by atoms with Crippen LogP contribution in [-0.4, -0.2) is 23.3 Å². The molecule has 4 heteroatoms. The highest BCUT2D eigenvalue weighted by atomic mass is 16.5. The lowest BCUT2D eigenvalue weighted by atomic mass is 10.2. The maximum absolute atomic E-state index is 5.98. The van der Waals surface area contributed by atoms with Crippen LogP contribution in [0.2, 0.25) is 0 Å². The minimum atomic E-state index is 0.660. The van der Waals surface area contributed by atoms with Crippen LogP contribution in [0.3, 0.4) is 0 Å². The van der Waals surface area contributed by atoms with Crippen molar-refractivity contribution in [3.05, 3.63) is 89.7 Å². The first-order valence-electron chi connectivity index (χ1n) is 10.2. The van der Waals surface area contributed by atoms with Gasteiger partial charge in [-0.15, -0.1) is 0 Å². The molecule has 0 unspecified atom stereocenters. The second-order valence-corrected chi connectivity index (χ2v) is 7.15. The summed E-state index contributed by atoms with van der Waals surface area (Å²) in [6.07, 6.45) is 5.00. The molecule has 0 aliphatic rings. The molecule has 0 amide bonds. The standard InChI is InChI=1S/C26H26N2O2/c1-20-10-3-7-14-24(20)30-19-9-18-28-23-13-6-5-12-22(23)27-26(28)17-16-21-11-4-8-15-25(21)29-2/h3-8,10-17H,9,18-19H2,1-2H3/b17-16+. The highest BCUT2D eigenvalue weighted by Gasteiger charge is 2.09. The van der Waals surface area contributed by atoms with E-state index < -0.39 is 0 Å². The molecular formula is C26H26N2O2. The third kappa shape index (κ3) is 4.38. The maximum atomic E-state index is 5.98. The minimum Gasteiger partial charge on any atom is -0.496 e. The SMILES string of the molecule is COc1ccccc1/C=C/c1nc2ccccc2n1CCCOc1ccccc1C. The van der Waals surface area contributed by atoms with Crippen LogP contribution in [-0.2, 0) is 6.54 Å². The van der Waals surface area contributed by atoms with Gasteiger partial charge in [-0.25, -0.2) is 4.98 Å². The second-order valence-electron chi connectivity index (χ2n) is 7.15. The average Bonchev–Trinajstić information content (AvgIpc) is 3.14. The Bertz CT molecular complexity index is 1160. The van der Waals surface area contributed by atoms with Crippen molar-refractivity contribution in [3.63, 3.8) is 0 Å². The lowest BCUT2D eigenvalue weighted by Crippen LogP contribution is -2.06. The Hall–Kier alpha value is -3.53. The van der Waals surface area contributed by atoms with Crippen LogP contribution in [0.15, 0.2) is 72.8 Å². The molecule has 4 rings (SSSR count). The fourth-order valence-electron chi connectivity index (χ4n) is 3.55. The van der Waals surface area contributed by atoms with Crippen LogP contribution < -0.4 is 9.47 Å². The molecule has 1 heterocycles. The molecule has 30 heavy (non-hydrogen) atoms. The van der Waals surface area contributed by atoms with E-state index in [4.69, 9.17) is 14.5 Å². The number of fused-ring (bicyclic) bond motifs is 1. The molecule has 0 fully saturated rings. The van der Waals surface area contributed by atoms with Crippen molar-refractivity contribution < 1.29 is 9.47 Å². The van der Waals surface area contributed by atoms with Crippen molar-refractivity contribution in [1.29, 1.82) is 0 Å². The molecule has 0 saturated heterocycles. The van der Waals surface area contributed by atoms with Crippen LogP contribution in [0.5, 0.6) is 11.5 Å². The first-order valence-corrected chi connectivity index (χ1v) is 10.2. The Kier molecular flexibility index (Phi) is 6.14. The molecule has 0 atom stereocenters. The Morgan fingerprint density at radius 3 is 2.43 bits per heavy atom. The summed E-state index contributed by atoms with van der Waals surface area (Å²) < 4.78 is 13.7. The van der Waals surface area contributed by atoms with Gasteiger partial charge in [0, 0.05) is 12.1 Å². The van der Waals surface area contributed by atoms with Crippen LogP contribution >= 0.6 is 0 Å². The van der Waals surface area contributed by atoms with Crippen molar-refractivity contribution in [2.45, 2.75) is 19.9 Å². The molecule has 152 valence electrons. The lowest BCUT2D eigenvalue weighted by Gasteiger charge is -2.10. The topological polar surface area (TPSA) is 36.3 Å². The van der Waals surface area contributed by atoms with Crippen molar-refractivity contribution in [3.8, 4) is 11.5 Å². The number of nitrogens with zero attached hydrogens (tertiary/aromatic N) is 2. The van der Waals surface area contributed by atoms with Gasteiger partial charge in [0.15, 0.2) is 0 Å². The fourth-order valence-corrected chi connectivity index (χ4v) is 3.55. The van der Waals surface area contributed by atoms with Gasteiger partial charge in [0.1, 0.15) is 17.3 Å². The summed E-state index contributed by atoms with van der Waals surface area (Å²) in [5.74, 6) is 2.73. The Morgan fingerprint density at radius 2 is 1.60 bits per heavy atom. The molecule has 0 N–H and O–H groups in total. The first-order chi connectivity index (χ1) is 14.8. The summed E-state index contributed by atoms with van der Waals surface area (Å²) in [5.41, 5.74) is 4.32. The predicted molar refractivity (Wildman–Crippen MR) is 123 cm³/mol. The van der Waals surface area contributed by atoms with E-state index in [2.05, 4.69) is 47.9 Å². The van der Waals surface area contributed by atoms with Crippen LogP contribution in [0.25, 0.3) is 23.2 Å². The summed E-state index contributed by atoms with van der Waals surface area (Å²) >= 11 is 0. The Morgan fingerprint density at radius 1 is 0.867 bits per heavy atom. The predicted octanol–water partition coefficient (Wildman–Crippen LogP) is 5.99. The van der Waals surface area contributed by atoms with E-state index in [0.29, 0.717) is 6.61 Å². The van der Waals surface area contributed by atoms with Crippen LogP contribution in [0.4, 0.5) is 0 Å². The number of ether oxygens (including phenoxy) is 2. The monoisotopic (exact) mass is 398 g/mol. The molecular weight excluding hydrogens is 372 g/mol. The quantitative estimate of drug-likeness (QED) is 0.342. The molecule has 0 aliphatic heterocycles. The Labute approximate surface area is 177 Å². The number of benzene rings is 3. The van der Waals surface area contributed by atoms with Gasteiger partial charge in [-0.2, -0.15) is 0 Å². The normalized spacial score (nSPS) is 11.3. The smallest absolute Gasteiger partial charge is 0.133 e. The van der Waals surface area contributed by atoms with E-state index >= 15 is 0 Å². The van der Waals surface area contributed by atoms with Gasteiger partial charge in [0.25, 0.3) is 0 Å². The molecule has 0 bridgehead atoms. The number of imidazole rings is 1. The molecule has 4 nitrogen and oxygen atoms in total. The van der Waals surface area contributed by atoms with Crippen molar-refractivity contribution in [2.75, 3.05) is 13.7 Å². The minimum absolute atomic E-state index is 0.660. The van der Waals surface area contributed by atoms with Crippen molar-refractivity contribution >= 4 is 23.2 Å². The van der Waals surface area contributed by atoms with Crippen molar-refractivity contribution in [2.24, 2.45) is 0 Å². The number of aryl methyl sites for hydroxylation is 2. The summed E-state index contributed by atoms with van der Waals surface area (Å²) in [4.78, 5) is 4.83. The van der Waals surface area contributed by atoms with Gasteiger partial charge in [-0.05, 0) is 55.3 Å². The van der Waals surface area contributed by atoms with Gasteiger partial charge in [0.05, 0.1) is 24.8 Å². The van der Waals surface area contributed by atoms with Crippen LogP contribution in [0.1, 0.15) is 23.4 Å². The summed E-state index contributed by atoms with van der Waals surface area (Å²) in [5, 5.41) is 0. The zero-order valence-electron chi connectivity index (χ0n) is 17.4. The largest absolute Gasteiger partial charge is 0.496 e. The number of aromatic nitrogens is 2. The molecule has 1 aromatic heterocycles. The molecule has 0 radical (unpaired) electrons. The summed E-state index contributed by atoms with van der Waals surface area (Å²) in [6.45, 7) is 3.56. The van der Waals surface area contributed by atoms with Gasteiger partial charge in [-0.3, -0.25) is 0 Å². The number of hydrogen-bond acceptors (Lipinski definition) is 3. The van der Waals surface area contributed by atoms with E-state index in [0.717, 1.165) is 52.4 Å². The maximum Gasteiger partial charge on any atom is 0.133 e. The second kappa shape index (κ2) is 9.31. The third-order valence-electron chi connectivity index (χ3n) is 5.11. The van der Waals surface area contributed by atoms with Gasteiger partial charge in [-0.1, -0.05) is 48.5 Å².